The van der Waals surface area contributed by atoms with Gasteiger partial charge in [-0.05, 0) is 33.0 Å². The van der Waals surface area contributed by atoms with Crippen molar-refractivity contribution < 1.29 is 14.4 Å². The van der Waals surface area contributed by atoms with Crippen molar-refractivity contribution in [2.45, 2.75) is 27.2 Å². The fourth-order valence-electron chi connectivity index (χ4n) is 2.46. The van der Waals surface area contributed by atoms with Crippen LogP contribution >= 0.6 is 0 Å². The van der Waals surface area contributed by atoms with Crippen LogP contribution in [0.15, 0.2) is 17.6 Å². The molecular formula is C16H26N4O3. The van der Waals surface area contributed by atoms with Crippen LogP contribution in [-0.2, 0) is 9.59 Å². The molecule has 1 N–H and O–H groups in total. The summed E-state index contributed by atoms with van der Waals surface area (Å²) >= 11 is 0. The Kier molecular flexibility index (Phi) is 7.61. The first-order valence-corrected chi connectivity index (χ1v) is 7.96. The van der Waals surface area contributed by atoms with E-state index in [0.29, 0.717) is 12.3 Å². The lowest BCUT2D eigenvalue weighted by Gasteiger charge is -2.29. The van der Waals surface area contributed by atoms with Crippen molar-refractivity contribution in [2.75, 3.05) is 32.7 Å². The Morgan fingerprint density at radius 1 is 1.35 bits per heavy atom. The van der Waals surface area contributed by atoms with Crippen LogP contribution in [0.5, 0.6) is 0 Å². The molecule has 23 heavy (non-hydrogen) atoms. The van der Waals surface area contributed by atoms with Crippen molar-refractivity contribution in [2.24, 2.45) is 10.9 Å². The lowest BCUT2D eigenvalue weighted by molar-refractivity contribution is -0.139. The lowest BCUT2D eigenvalue weighted by atomic mass is 9.99. The number of urea groups is 1. The average Bonchev–Trinajstić information content (AvgIpc) is 2.51. The minimum Gasteiger partial charge on any atom is -0.304 e. The summed E-state index contributed by atoms with van der Waals surface area (Å²) in [4.78, 5) is 43.5. The van der Waals surface area contributed by atoms with E-state index in [0.717, 1.165) is 31.0 Å². The topological polar surface area (TPSA) is 82.1 Å². The molecule has 0 radical (unpaired) electrons. The van der Waals surface area contributed by atoms with Crippen LogP contribution in [0, 0.1) is 5.92 Å². The fraction of sp³-hybridized carbons (Fsp3) is 0.625. The van der Waals surface area contributed by atoms with E-state index in [2.05, 4.69) is 35.6 Å². The van der Waals surface area contributed by atoms with E-state index >= 15 is 0 Å². The van der Waals surface area contributed by atoms with Gasteiger partial charge in [0.1, 0.15) is 0 Å². The molecule has 1 aliphatic rings. The lowest BCUT2D eigenvalue weighted by Crippen LogP contribution is -2.59. The van der Waals surface area contributed by atoms with Crippen molar-refractivity contribution in [3.63, 3.8) is 0 Å². The van der Waals surface area contributed by atoms with Gasteiger partial charge in [0.05, 0.1) is 0 Å². The number of hydrogen-bond donors (Lipinski definition) is 1. The van der Waals surface area contributed by atoms with Crippen molar-refractivity contribution >= 4 is 23.6 Å². The quantitative estimate of drug-likeness (QED) is 0.298. The van der Waals surface area contributed by atoms with E-state index in [4.69, 9.17) is 0 Å². The first-order valence-electron chi connectivity index (χ1n) is 7.96. The Morgan fingerprint density at radius 2 is 2.00 bits per heavy atom. The summed E-state index contributed by atoms with van der Waals surface area (Å²) in [5, 5.41) is 2.19. The molecule has 128 valence electrons. The summed E-state index contributed by atoms with van der Waals surface area (Å²) in [5.74, 6) is -2.17. The molecule has 1 saturated heterocycles. The minimum atomic E-state index is -1.03. The highest BCUT2D eigenvalue weighted by atomic mass is 16.2. The standard InChI is InChI=1S/C16H26N4O3/c1-5-10-20-15(22)13(14(21)18-16(20)23)12(4)17-9-8-11-19(6-2)7-3/h5,13H,1,6-11H2,2-4H3,(H,18,21,23). The number of aliphatic imine (C=N–C) groups is 1. The summed E-state index contributed by atoms with van der Waals surface area (Å²) in [6, 6.07) is -0.703. The molecule has 1 heterocycles. The molecule has 7 nitrogen and oxygen atoms in total. The molecule has 4 amide bonds. The molecule has 1 aliphatic heterocycles. The number of barbiturate groups is 1. The number of carbonyl (C=O) groups excluding carboxylic acids is 3. The largest absolute Gasteiger partial charge is 0.331 e. The van der Waals surface area contributed by atoms with Crippen LogP contribution < -0.4 is 5.32 Å². The molecule has 0 aromatic heterocycles. The molecule has 0 saturated carbocycles. The summed E-state index contributed by atoms with van der Waals surface area (Å²) < 4.78 is 0. The van der Waals surface area contributed by atoms with Gasteiger partial charge in [-0.25, -0.2) is 4.79 Å². The number of rotatable bonds is 9. The zero-order valence-electron chi connectivity index (χ0n) is 14.2. The predicted octanol–water partition coefficient (Wildman–Crippen LogP) is 1.06. The number of nitrogens with one attached hydrogen (secondary N) is 1. The van der Waals surface area contributed by atoms with Crippen molar-refractivity contribution in [3.8, 4) is 0 Å². The predicted molar refractivity (Wildman–Crippen MR) is 89.3 cm³/mol. The minimum absolute atomic E-state index is 0.0731. The zero-order valence-corrected chi connectivity index (χ0v) is 14.2. The summed E-state index contributed by atoms with van der Waals surface area (Å²) in [5.41, 5.74) is 0.439. The summed E-state index contributed by atoms with van der Waals surface area (Å²) in [6.07, 6.45) is 2.30. The van der Waals surface area contributed by atoms with Gasteiger partial charge in [0.2, 0.25) is 11.8 Å². The van der Waals surface area contributed by atoms with Crippen molar-refractivity contribution in [1.82, 2.24) is 15.1 Å². The molecule has 1 rings (SSSR count). The average molecular weight is 322 g/mol. The Hall–Kier alpha value is -2.02. The smallest absolute Gasteiger partial charge is 0.304 e. The first kappa shape index (κ1) is 19.0. The highest BCUT2D eigenvalue weighted by molar-refractivity contribution is 6.27. The van der Waals surface area contributed by atoms with E-state index in [-0.39, 0.29) is 6.54 Å². The SMILES string of the molecule is C=CCN1C(=O)NC(=O)C(C(C)=NCCCN(CC)CC)C1=O. The third-order valence-corrected chi connectivity index (χ3v) is 3.87. The second-order valence-electron chi connectivity index (χ2n) is 5.37. The highest BCUT2D eigenvalue weighted by Gasteiger charge is 2.41. The molecule has 1 atom stereocenters. The van der Waals surface area contributed by atoms with Crippen LogP contribution in [0.1, 0.15) is 27.2 Å². The maximum absolute atomic E-state index is 12.3. The van der Waals surface area contributed by atoms with Gasteiger partial charge in [-0.3, -0.25) is 24.8 Å². The second-order valence-corrected chi connectivity index (χ2v) is 5.37. The van der Waals surface area contributed by atoms with E-state index in [9.17, 15) is 14.4 Å². The van der Waals surface area contributed by atoms with Crippen LogP contribution in [0.4, 0.5) is 4.79 Å². The molecule has 0 aromatic rings. The van der Waals surface area contributed by atoms with E-state index in [1.807, 2.05) is 0 Å². The van der Waals surface area contributed by atoms with Gasteiger partial charge >= 0.3 is 6.03 Å². The number of hydrogen-bond acceptors (Lipinski definition) is 5. The van der Waals surface area contributed by atoms with Crippen LogP contribution in [0.3, 0.4) is 0 Å². The molecule has 0 bridgehead atoms. The number of imide groups is 2. The highest BCUT2D eigenvalue weighted by Crippen LogP contribution is 2.13. The molecule has 0 spiro atoms. The van der Waals surface area contributed by atoms with Crippen molar-refractivity contribution in [1.29, 1.82) is 0 Å². The maximum atomic E-state index is 12.3. The summed E-state index contributed by atoms with van der Waals surface area (Å²) in [6.45, 7) is 12.9. The molecule has 0 aliphatic carbocycles. The molecular weight excluding hydrogens is 296 g/mol. The van der Waals surface area contributed by atoms with Gasteiger partial charge in [0.15, 0.2) is 5.92 Å². The normalized spacial score (nSPS) is 19.3. The van der Waals surface area contributed by atoms with Crippen LogP contribution in [0.25, 0.3) is 0 Å². The third-order valence-electron chi connectivity index (χ3n) is 3.87. The van der Waals surface area contributed by atoms with E-state index < -0.39 is 23.8 Å². The number of amides is 4. The second kappa shape index (κ2) is 9.19. The maximum Gasteiger partial charge on any atom is 0.331 e. The van der Waals surface area contributed by atoms with Gasteiger partial charge in [-0.1, -0.05) is 19.9 Å². The fourth-order valence-corrected chi connectivity index (χ4v) is 2.46. The summed E-state index contributed by atoms with van der Waals surface area (Å²) in [7, 11) is 0. The Morgan fingerprint density at radius 3 is 2.57 bits per heavy atom. The van der Waals surface area contributed by atoms with Gasteiger partial charge in [0.25, 0.3) is 0 Å². The Bertz CT molecular complexity index is 498. The van der Waals surface area contributed by atoms with E-state index in [1.165, 1.54) is 6.08 Å². The van der Waals surface area contributed by atoms with Gasteiger partial charge < -0.3 is 4.90 Å². The molecule has 0 aromatic carbocycles. The molecule has 7 heteroatoms. The van der Waals surface area contributed by atoms with Crippen LogP contribution in [-0.4, -0.2) is 66.1 Å². The number of nitrogens with zero attached hydrogens (tertiary/aromatic N) is 3. The molecule has 1 fully saturated rings. The zero-order chi connectivity index (χ0) is 17.4. The Labute approximate surface area is 137 Å². The number of carbonyl (C=O) groups is 3. The van der Waals surface area contributed by atoms with Gasteiger partial charge in [0, 0.05) is 18.8 Å². The third kappa shape index (κ3) is 4.99. The van der Waals surface area contributed by atoms with Crippen molar-refractivity contribution in [3.05, 3.63) is 12.7 Å². The monoisotopic (exact) mass is 322 g/mol. The van der Waals surface area contributed by atoms with Gasteiger partial charge in [-0.2, -0.15) is 0 Å². The van der Waals surface area contributed by atoms with Crippen LogP contribution in [0.2, 0.25) is 0 Å². The first-order chi connectivity index (χ1) is 11.0. The van der Waals surface area contributed by atoms with Gasteiger partial charge in [-0.15, -0.1) is 6.58 Å². The molecule has 1 unspecified atom stereocenters. The van der Waals surface area contributed by atoms with E-state index in [1.54, 1.807) is 6.92 Å². The Balaban J connectivity index is 2.68.